The Balaban J connectivity index is 1.74. The number of aryl methyl sites for hydroxylation is 3. The summed E-state index contributed by atoms with van der Waals surface area (Å²) in [6.07, 6.45) is 6.46. The van der Waals surface area contributed by atoms with Crippen molar-refractivity contribution >= 4 is 10.9 Å². The van der Waals surface area contributed by atoms with E-state index in [1.165, 1.54) is 59.8 Å². The molecular formula is C17H22N2. The molecule has 0 spiro atoms. The van der Waals surface area contributed by atoms with Crippen LogP contribution in [0.15, 0.2) is 12.1 Å². The first-order valence-corrected chi connectivity index (χ1v) is 7.58. The molecule has 1 saturated carbocycles. The summed E-state index contributed by atoms with van der Waals surface area (Å²) in [5.74, 6) is 0. The molecule has 0 saturated heterocycles. The number of fused-ring (bicyclic) bond motifs is 3. The molecule has 2 nitrogen and oxygen atoms in total. The maximum atomic E-state index is 3.80. The summed E-state index contributed by atoms with van der Waals surface area (Å²) in [5, 5.41) is 5.26. The number of H-pyrrole nitrogens is 1. The van der Waals surface area contributed by atoms with E-state index >= 15 is 0 Å². The summed E-state index contributed by atoms with van der Waals surface area (Å²) in [6, 6.07) is 6.09. The second kappa shape index (κ2) is 4.11. The second-order valence-electron chi connectivity index (χ2n) is 6.39. The summed E-state index contributed by atoms with van der Waals surface area (Å²) < 4.78 is 0. The van der Waals surface area contributed by atoms with Gasteiger partial charge in [0.1, 0.15) is 0 Å². The monoisotopic (exact) mass is 254 g/mol. The normalized spacial score (nSPS) is 22.7. The molecule has 2 aliphatic rings. The fourth-order valence-corrected chi connectivity index (χ4v) is 3.46. The van der Waals surface area contributed by atoms with Crippen LogP contribution in [0, 0.1) is 13.8 Å². The summed E-state index contributed by atoms with van der Waals surface area (Å²) >= 11 is 0. The van der Waals surface area contributed by atoms with Gasteiger partial charge in [0.25, 0.3) is 0 Å². The van der Waals surface area contributed by atoms with Crippen LogP contribution in [0.1, 0.15) is 41.6 Å². The van der Waals surface area contributed by atoms with Gasteiger partial charge in [-0.3, -0.25) is 0 Å². The summed E-state index contributed by atoms with van der Waals surface area (Å²) in [5.41, 5.74) is 7.23. The second-order valence-corrected chi connectivity index (χ2v) is 6.39. The Labute approximate surface area is 114 Å². The van der Waals surface area contributed by atoms with Crippen LogP contribution in [0.5, 0.6) is 0 Å². The standard InChI is InChI=1S/C17H22N2/c1-10-3-7-14-15-9-13(18-12-4-5-12)6-8-16(15)19-17(14)11(10)2/h3,7,12-13,18-19H,4-6,8-9H2,1-2H3. The first-order valence-electron chi connectivity index (χ1n) is 7.58. The van der Waals surface area contributed by atoms with E-state index in [2.05, 4.69) is 36.3 Å². The van der Waals surface area contributed by atoms with Gasteiger partial charge in [0.15, 0.2) is 0 Å². The van der Waals surface area contributed by atoms with E-state index in [1.54, 1.807) is 5.56 Å². The molecule has 2 aliphatic carbocycles. The molecule has 0 amide bonds. The lowest BCUT2D eigenvalue weighted by Gasteiger charge is -2.23. The number of rotatable bonds is 2. The highest BCUT2D eigenvalue weighted by Gasteiger charge is 2.28. The van der Waals surface area contributed by atoms with Gasteiger partial charge >= 0.3 is 0 Å². The molecule has 0 bridgehead atoms. The van der Waals surface area contributed by atoms with E-state index in [0.29, 0.717) is 6.04 Å². The zero-order chi connectivity index (χ0) is 13.0. The Bertz CT molecular complexity index is 634. The van der Waals surface area contributed by atoms with Crippen molar-refractivity contribution in [3.63, 3.8) is 0 Å². The number of hydrogen-bond acceptors (Lipinski definition) is 1. The molecule has 100 valence electrons. The lowest BCUT2D eigenvalue weighted by atomic mass is 9.91. The van der Waals surface area contributed by atoms with Crippen LogP contribution in [0.2, 0.25) is 0 Å². The Hall–Kier alpha value is -1.28. The molecular weight excluding hydrogens is 232 g/mol. The molecule has 1 unspecified atom stereocenters. The molecule has 2 heteroatoms. The highest BCUT2D eigenvalue weighted by atomic mass is 15.0. The van der Waals surface area contributed by atoms with Crippen molar-refractivity contribution in [3.8, 4) is 0 Å². The van der Waals surface area contributed by atoms with Crippen LogP contribution in [-0.4, -0.2) is 17.1 Å². The van der Waals surface area contributed by atoms with Crippen molar-refractivity contribution in [2.24, 2.45) is 0 Å². The summed E-state index contributed by atoms with van der Waals surface area (Å²) in [7, 11) is 0. The predicted molar refractivity (Wildman–Crippen MR) is 79.7 cm³/mol. The molecule has 1 aromatic heterocycles. The number of aromatic nitrogens is 1. The third-order valence-corrected chi connectivity index (χ3v) is 4.94. The zero-order valence-electron chi connectivity index (χ0n) is 11.8. The van der Waals surface area contributed by atoms with Gasteiger partial charge in [-0.15, -0.1) is 0 Å². The van der Waals surface area contributed by atoms with Gasteiger partial charge in [-0.2, -0.15) is 0 Å². The van der Waals surface area contributed by atoms with Gasteiger partial charge < -0.3 is 10.3 Å². The van der Waals surface area contributed by atoms with Crippen LogP contribution in [0.4, 0.5) is 0 Å². The van der Waals surface area contributed by atoms with Gasteiger partial charge in [-0.25, -0.2) is 0 Å². The van der Waals surface area contributed by atoms with Crippen LogP contribution < -0.4 is 5.32 Å². The zero-order valence-corrected chi connectivity index (χ0v) is 11.8. The Morgan fingerprint density at radius 1 is 1.11 bits per heavy atom. The lowest BCUT2D eigenvalue weighted by Crippen LogP contribution is -2.35. The fraction of sp³-hybridized carbons (Fsp3) is 0.529. The Kier molecular flexibility index (Phi) is 2.49. The molecule has 19 heavy (non-hydrogen) atoms. The molecule has 2 aromatic rings. The van der Waals surface area contributed by atoms with Gasteiger partial charge in [0, 0.05) is 28.7 Å². The molecule has 0 aliphatic heterocycles. The van der Waals surface area contributed by atoms with E-state index in [9.17, 15) is 0 Å². The average Bonchev–Trinajstić information content (AvgIpc) is 3.14. The molecule has 0 radical (unpaired) electrons. The van der Waals surface area contributed by atoms with E-state index in [4.69, 9.17) is 0 Å². The highest BCUT2D eigenvalue weighted by molar-refractivity contribution is 5.88. The molecule has 1 heterocycles. The number of hydrogen-bond donors (Lipinski definition) is 2. The Morgan fingerprint density at radius 3 is 2.74 bits per heavy atom. The first-order chi connectivity index (χ1) is 9.22. The minimum Gasteiger partial charge on any atom is -0.358 e. The summed E-state index contributed by atoms with van der Waals surface area (Å²) in [6.45, 7) is 4.44. The average molecular weight is 254 g/mol. The van der Waals surface area contributed by atoms with Crippen molar-refractivity contribution in [1.82, 2.24) is 10.3 Å². The van der Waals surface area contributed by atoms with Crippen molar-refractivity contribution < 1.29 is 0 Å². The van der Waals surface area contributed by atoms with Crippen molar-refractivity contribution in [1.29, 1.82) is 0 Å². The quantitative estimate of drug-likeness (QED) is 0.844. The SMILES string of the molecule is Cc1ccc2c3c([nH]c2c1C)CCC(NC1CC1)C3. The van der Waals surface area contributed by atoms with E-state index in [0.717, 1.165) is 6.04 Å². The maximum Gasteiger partial charge on any atom is 0.0491 e. The number of nitrogens with one attached hydrogen (secondary N) is 2. The molecule has 4 rings (SSSR count). The molecule has 1 atom stereocenters. The van der Waals surface area contributed by atoms with E-state index < -0.39 is 0 Å². The molecule has 2 N–H and O–H groups in total. The van der Waals surface area contributed by atoms with Crippen LogP contribution in [0.25, 0.3) is 10.9 Å². The van der Waals surface area contributed by atoms with Gasteiger partial charge in [0.05, 0.1) is 0 Å². The van der Waals surface area contributed by atoms with E-state index in [1.807, 2.05) is 0 Å². The third kappa shape index (κ3) is 1.90. The van der Waals surface area contributed by atoms with Gasteiger partial charge in [0.2, 0.25) is 0 Å². The van der Waals surface area contributed by atoms with Crippen LogP contribution >= 0.6 is 0 Å². The Morgan fingerprint density at radius 2 is 1.95 bits per heavy atom. The van der Waals surface area contributed by atoms with Crippen LogP contribution in [0.3, 0.4) is 0 Å². The van der Waals surface area contributed by atoms with E-state index in [-0.39, 0.29) is 0 Å². The summed E-state index contributed by atoms with van der Waals surface area (Å²) in [4.78, 5) is 3.69. The lowest BCUT2D eigenvalue weighted by molar-refractivity contribution is 0.455. The number of benzene rings is 1. The third-order valence-electron chi connectivity index (χ3n) is 4.94. The minimum absolute atomic E-state index is 0.695. The number of aromatic amines is 1. The van der Waals surface area contributed by atoms with Crippen molar-refractivity contribution in [2.45, 2.75) is 58.0 Å². The molecule has 1 fully saturated rings. The molecule has 1 aromatic carbocycles. The minimum atomic E-state index is 0.695. The van der Waals surface area contributed by atoms with Crippen molar-refractivity contribution in [2.75, 3.05) is 0 Å². The maximum absolute atomic E-state index is 3.80. The van der Waals surface area contributed by atoms with Gasteiger partial charge in [-0.05, 0) is 62.6 Å². The smallest absolute Gasteiger partial charge is 0.0491 e. The fourth-order valence-electron chi connectivity index (χ4n) is 3.46. The highest BCUT2D eigenvalue weighted by Crippen LogP contribution is 2.33. The van der Waals surface area contributed by atoms with Gasteiger partial charge in [-0.1, -0.05) is 12.1 Å². The predicted octanol–water partition coefficient (Wildman–Crippen LogP) is 3.39. The first kappa shape index (κ1) is 11.5. The van der Waals surface area contributed by atoms with Crippen LogP contribution in [-0.2, 0) is 12.8 Å². The largest absolute Gasteiger partial charge is 0.358 e. The topological polar surface area (TPSA) is 27.8 Å². The van der Waals surface area contributed by atoms with Crippen molar-refractivity contribution in [3.05, 3.63) is 34.5 Å².